The highest BCUT2D eigenvalue weighted by Gasteiger charge is 2.08. The normalized spacial score (nSPS) is 17.5. The minimum Gasteiger partial charge on any atom is -0.305 e. The van der Waals surface area contributed by atoms with Crippen LogP contribution >= 0.6 is 0 Å². The van der Waals surface area contributed by atoms with Crippen molar-refractivity contribution in [1.82, 2.24) is 0 Å². The van der Waals surface area contributed by atoms with Crippen molar-refractivity contribution in [2.45, 2.75) is 27.2 Å². The van der Waals surface area contributed by atoms with Gasteiger partial charge in [0.1, 0.15) is 0 Å². The van der Waals surface area contributed by atoms with Crippen molar-refractivity contribution < 1.29 is 0 Å². The lowest BCUT2D eigenvalue weighted by atomic mass is 9.94. The smallest absolute Gasteiger partial charge is 0.0648 e. The van der Waals surface area contributed by atoms with Crippen LogP contribution in [0.3, 0.4) is 0 Å². The molecule has 0 fully saturated rings. The SMILES string of the molecule is CCC(C)C(C)CN=NN. The highest BCUT2D eigenvalue weighted by Crippen LogP contribution is 2.14. The Labute approximate surface area is 62.7 Å². The van der Waals surface area contributed by atoms with Crippen molar-refractivity contribution >= 4 is 0 Å². The van der Waals surface area contributed by atoms with Gasteiger partial charge < -0.3 is 5.84 Å². The summed E-state index contributed by atoms with van der Waals surface area (Å²) in [6.45, 7) is 7.33. The molecule has 0 amide bonds. The average molecular weight is 143 g/mol. The summed E-state index contributed by atoms with van der Waals surface area (Å²) in [5, 5.41) is 6.96. The molecule has 0 saturated heterocycles. The first kappa shape index (κ1) is 9.40. The topological polar surface area (TPSA) is 50.7 Å². The van der Waals surface area contributed by atoms with E-state index >= 15 is 0 Å². The predicted molar refractivity (Wildman–Crippen MR) is 42.5 cm³/mol. The van der Waals surface area contributed by atoms with Gasteiger partial charge in [0.15, 0.2) is 0 Å². The Hall–Kier alpha value is -0.600. The quantitative estimate of drug-likeness (QED) is 0.365. The molecule has 3 nitrogen and oxygen atoms in total. The van der Waals surface area contributed by atoms with Gasteiger partial charge in [-0.15, -0.1) is 0 Å². The Morgan fingerprint density at radius 1 is 1.30 bits per heavy atom. The molecule has 0 aliphatic heterocycles. The fourth-order valence-corrected chi connectivity index (χ4v) is 0.758. The van der Waals surface area contributed by atoms with E-state index in [4.69, 9.17) is 5.84 Å². The van der Waals surface area contributed by atoms with Gasteiger partial charge in [-0.3, -0.25) is 0 Å². The largest absolute Gasteiger partial charge is 0.305 e. The predicted octanol–water partition coefficient (Wildman–Crippen LogP) is 1.99. The summed E-state index contributed by atoms with van der Waals surface area (Å²) in [6.07, 6.45) is 1.20. The first-order chi connectivity index (χ1) is 4.72. The van der Waals surface area contributed by atoms with Crippen LogP contribution in [0.2, 0.25) is 0 Å². The third kappa shape index (κ3) is 3.43. The van der Waals surface area contributed by atoms with E-state index in [1.54, 1.807) is 0 Å². The van der Waals surface area contributed by atoms with Crippen LogP contribution in [0.5, 0.6) is 0 Å². The standard InChI is InChI=1S/C7H17N3/c1-4-6(2)7(3)5-9-10-8/h6-7H,4-5H2,1-3H3,(H2,8,9). The second-order valence-electron chi connectivity index (χ2n) is 2.80. The Kier molecular flexibility index (Phi) is 4.89. The van der Waals surface area contributed by atoms with Crippen LogP contribution in [0.4, 0.5) is 0 Å². The molecular weight excluding hydrogens is 126 g/mol. The van der Waals surface area contributed by atoms with Gasteiger partial charge in [0, 0.05) is 0 Å². The summed E-state index contributed by atoms with van der Waals surface area (Å²) in [4.78, 5) is 0. The van der Waals surface area contributed by atoms with Crippen LogP contribution in [0.1, 0.15) is 27.2 Å². The van der Waals surface area contributed by atoms with Crippen molar-refractivity contribution in [2.24, 2.45) is 28.0 Å². The molecule has 0 bridgehead atoms. The number of nitrogens with two attached hydrogens (primary N) is 1. The second kappa shape index (κ2) is 5.21. The fourth-order valence-electron chi connectivity index (χ4n) is 0.758. The Morgan fingerprint density at radius 3 is 2.30 bits per heavy atom. The third-order valence-electron chi connectivity index (χ3n) is 2.07. The number of nitrogens with zero attached hydrogens (tertiary/aromatic N) is 2. The molecule has 0 aromatic carbocycles. The van der Waals surface area contributed by atoms with Crippen molar-refractivity contribution in [2.75, 3.05) is 6.54 Å². The maximum Gasteiger partial charge on any atom is 0.0648 e. The summed E-state index contributed by atoms with van der Waals surface area (Å²) >= 11 is 0. The summed E-state index contributed by atoms with van der Waals surface area (Å²) in [5.41, 5.74) is 0. The maximum absolute atomic E-state index is 4.88. The monoisotopic (exact) mass is 143 g/mol. The van der Waals surface area contributed by atoms with Crippen LogP contribution in [-0.4, -0.2) is 6.54 Å². The van der Waals surface area contributed by atoms with Crippen LogP contribution in [0.15, 0.2) is 10.3 Å². The molecule has 0 aliphatic rings. The molecule has 2 atom stereocenters. The molecule has 0 spiro atoms. The molecule has 0 aromatic heterocycles. The van der Waals surface area contributed by atoms with Gasteiger partial charge >= 0.3 is 0 Å². The lowest BCUT2D eigenvalue weighted by Crippen LogP contribution is -2.09. The molecular formula is C7H17N3. The fraction of sp³-hybridized carbons (Fsp3) is 1.00. The highest BCUT2D eigenvalue weighted by atomic mass is 15.3. The van der Waals surface area contributed by atoms with Crippen LogP contribution in [0, 0.1) is 11.8 Å². The first-order valence-electron chi connectivity index (χ1n) is 3.79. The van der Waals surface area contributed by atoms with E-state index in [0.717, 1.165) is 6.54 Å². The van der Waals surface area contributed by atoms with Crippen molar-refractivity contribution in [1.29, 1.82) is 0 Å². The third-order valence-corrected chi connectivity index (χ3v) is 2.07. The molecule has 0 aromatic rings. The molecule has 60 valence electrons. The van der Waals surface area contributed by atoms with Crippen molar-refractivity contribution in [3.05, 3.63) is 0 Å². The second-order valence-corrected chi connectivity index (χ2v) is 2.80. The number of rotatable bonds is 4. The van der Waals surface area contributed by atoms with E-state index in [0.29, 0.717) is 11.8 Å². The van der Waals surface area contributed by atoms with Crippen molar-refractivity contribution in [3.63, 3.8) is 0 Å². The van der Waals surface area contributed by atoms with E-state index in [2.05, 4.69) is 31.1 Å². The van der Waals surface area contributed by atoms with Crippen LogP contribution in [0.25, 0.3) is 0 Å². The molecule has 10 heavy (non-hydrogen) atoms. The summed E-state index contributed by atoms with van der Waals surface area (Å²) in [7, 11) is 0. The van der Waals surface area contributed by atoms with Gasteiger partial charge in [0.05, 0.1) is 6.54 Å². The van der Waals surface area contributed by atoms with Crippen molar-refractivity contribution in [3.8, 4) is 0 Å². The Morgan fingerprint density at radius 2 is 1.90 bits per heavy atom. The van der Waals surface area contributed by atoms with Gasteiger partial charge in [-0.25, -0.2) is 0 Å². The summed E-state index contributed by atoms with van der Waals surface area (Å²) in [6, 6.07) is 0. The molecule has 0 aliphatic carbocycles. The van der Waals surface area contributed by atoms with E-state index < -0.39 is 0 Å². The van der Waals surface area contributed by atoms with E-state index in [1.807, 2.05) is 0 Å². The van der Waals surface area contributed by atoms with E-state index in [1.165, 1.54) is 6.42 Å². The van der Waals surface area contributed by atoms with Gasteiger partial charge in [-0.1, -0.05) is 32.4 Å². The Bertz CT molecular complexity index is 101. The zero-order valence-electron chi connectivity index (χ0n) is 7.04. The molecule has 0 heterocycles. The molecule has 0 radical (unpaired) electrons. The molecule has 0 rings (SSSR count). The van der Waals surface area contributed by atoms with Gasteiger partial charge in [-0.05, 0) is 11.8 Å². The molecule has 3 heteroatoms. The van der Waals surface area contributed by atoms with Gasteiger partial charge in [0.25, 0.3) is 0 Å². The molecule has 2 N–H and O–H groups in total. The maximum atomic E-state index is 4.88. The summed E-state index contributed by atoms with van der Waals surface area (Å²) in [5.74, 6) is 6.18. The van der Waals surface area contributed by atoms with Gasteiger partial charge in [0.2, 0.25) is 0 Å². The van der Waals surface area contributed by atoms with Crippen LogP contribution in [-0.2, 0) is 0 Å². The highest BCUT2D eigenvalue weighted by molar-refractivity contribution is 4.60. The summed E-state index contributed by atoms with van der Waals surface area (Å²) < 4.78 is 0. The van der Waals surface area contributed by atoms with Crippen LogP contribution < -0.4 is 5.84 Å². The van der Waals surface area contributed by atoms with E-state index in [9.17, 15) is 0 Å². The number of hydrogen-bond donors (Lipinski definition) is 1. The lowest BCUT2D eigenvalue weighted by molar-refractivity contribution is 0.381. The lowest BCUT2D eigenvalue weighted by Gasteiger charge is -2.14. The first-order valence-corrected chi connectivity index (χ1v) is 3.79. The molecule has 0 saturated carbocycles. The zero-order chi connectivity index (χ0) is 7.98. The zero-order valence-corrected chi connectivity index (χ0v) is 7.04. The number of hydrogen-bond acceptors (Lipinski definition) is 2. The minimum atomic E-state index is 0.595. The Balaban J connectivity index is 3.50. The van der Waals surface area contributed by atoms with Gasteiger partial charge in [-0.2, -0.15) is 5.11 Å². The molecule has 2 unspecified atom stereocenters. The average Bonchev–Trinajstić information content (AvgIpc) is 1.98. The van der Waals surface area contributed by atoms with E-state index in [-0.39, 0.29) is 0 Å². The minimum absolute atomic E-state index is 0.595.